The summed E-state index contributed by atoms with van der Waals surface area (Å²) in [6, 6.07) is 11.2. The van der Waals surface area contributed by atoms with Crippen LogP contribution in [0.15, 0.2) is 42.5 Å². The van der Waals surface area contributed by atoms with E-state index in [1.807, 2.05) is 12.1 Å². The van der Waals surface area contributed by atoms with Gasteiger partial charge in [-0.05, 0) is 35.9 Å². The second kappa shape index (κ2) is 8.21. The van der Waals surface area contributed by atoms with Crippen LogP contribution < -0.4 is 10.1 Å². The first-order valence-corrected chi connectivity index (χ1v) is 7.42. The molecule has 1 amide bonds. The van der Waals surface area contributed by atoms with Gasteiger partial charge in [0.15, 0.2) is 6.61 Å². The lowest BCUT2D eigenvalue weighted by molar-refractivity contribution is -0.124. The lowest BCUT2D eigenvalue weighted by Crippen LogP contribution is -2.28. The molecule has 0 aliphatic carbocycles. The molecule has 0 spiro atoms. The van der Waals surface area contributed by atoms with Crippen LogP contribution in [0, 0.1) is 0 Å². The average molecular weight is 350 g/mol. The second-order valence-corrected chi connectivity index (χ2v) is 5.30. The molecule has 126 valence electrons. The fourth-order valence-corrected chi connectivity index (χ4v) is 2.09. The van der Waals surface area contributed by atoms with E-state index in [4.69, 9.17) is 21.1 Å². The Morgan fingerprint density at radius 1 is 1.21 bits per heavy atom. The van der Waals surface area contributed by atoms with Crippen LogP contribution in [0.2, 0.25) is 5.02 Å². The molecule has 7 heteroatoms. The maximum absolute atomic E-state index is 11.8. The summed E-state index contributed by atoms with van der Waals surface area (Å²) in [6.07, 6.45) is 0. The normalized spacial score (nSPS) is 10.1. The topological polar surface area (TPSA) is 84.9 Å². The number of benzene rings is 2. The Labute approximate surface area is 144 Å². The van der Waals surface area contributed by atoms with Crippen molar-refractivity contribution in [3.63, 3.8) is 0 Å². The Morgan fingerprint density at radius 2 is 2.00 bits per heavy atom. The molecule has 0 unspecified atom stereocenters. The predicted octanol–water partition coefficient (Wildman–Crippen LogP) is 2.53. The monoisotopic (exact) mass is 349 g/mol. The highest BCUT2D eigenvalue weighted by Gasteiger charge is 2.14. The standard InChI is InChI=1S/C17H16ClNO5/c1-23-13-4-2-3-11(7-13)9-19-16(21)10-24-17(22)14-6-5-12(18)8-15(14)20/h2-8,20H,9-10H2,1H3,(H,19,21). The van der Waals surface area contributed by atoms with Crippen LogP contribution >= 0.6 is 11.6 Å². The molecule has 0 heterocycles. The smallest absolute Gasteiger partial charge is 0.342 e. The maximum atomic E-state index is 11.8. The molecule has 2 aromatic carbocycles. The lowest BCUT2D eigenvalue weighted by atomic mass is 10.2. The number of ether oxygens (including phenoxy) is 2. The van der Waals surface area contributed by atoms with Gasteiger partial charge in [-0.1, -0.05) is 23.7 Å². The van der Waals surface area contributed by atoms with Gasteiger partial charge in [-0.25, -0.2) is 4.79 Å². The third kappa shape index (κ3) is 4.89. The number of carbonyl (C=O) groups excluding carboxylic acids is 2. The number of phenolic OH excluding ortho intramolecular Hbond substituents is 1. The number of halogens is 1. The van der Waals surface area contributed by atoms with E-state index in [9.17, 15) is 14.7 Å². The molecular formula is C17H16ClNO5. The highest BCUT2D eigenvalue weighted by Crippen LogP contribution is 2.22. The lowest BCUT2D eigenvalue weighted by Gasteiger charge is -2.08. The zero-order valence-electron chi connectivity index (χ0n) is 12.9. The molecule has 6 nitrogen and oxygen atoms in total. The van der Waals surface area contributed by atoms with Gasteiger partial charge < -0.3 is 19.9 Å². The fourth-order valence-electron chi connectivity index (χ4n) is 1.92. The first-order chi connectivity index (χ1) is 11.5. The van der Waals surface area contributed by atoms with Gasteiger partial charge in [0.05, 0.1) is 7.11 Å². The van der Waals surface area contributed by atoms with Gasteiger partial charge in [0.1, 0.15) is 17.1 Å². The summed E-state index contributed by atoms with van der Waals surface area (Å²) in [5, 5.41) is 12.5. The molecular weight excluding hydrogens is 334 g/mol. The molecule has 0 radical (unpaired) electrons. The number of carbonyl (C=O) groups is 2. The summed E-state index contributed by atoms with van der Waals surface area (Å²) in [5.74, 6) is -0.879. The molecule has 0 atom stereocenters. The third-order valence-electron chi connectivity index (χ3n) is 3.14. The number of phenols is 1. The minimum atomic E-state index is -0.805. The average Bonchev–Trinajstić information content (AvgIpc) is 2.58. The summed E-state index contributed by atoms with van der Waals surface area (Å²) >= 11 is 5.69. The number of nitrogens with one attached hydrogen (secondary N) is 1. The molecule has 0 bridgehead atoms. The van der Waals surface area contributed by atoms with Gasteiger partial charge in [0, 0.05) is 11.6 Å². The van der Waals surface area contributed by atoms with E-state index in [0.717, 1.165) is 5.56 Å². The number of hydrogen-bond donors (Lipinski definition) is 2. The van der Waals surface area contributed by atoms with Crippen molar-refractivity contribution in [3.05, 3.63) is 58.6 Å². The van der Waals surface area contributed by atoms with Gasteiger partial charge in [-0.2, -0.15) is 0 Å². The number of esters is 1. The quantitative estimate of drug-likeness (QED) is 0.783. The van der Waals surface area contributed by atoms with Gasteiger partial charge in [-0.15, -0.1) is 0 Å². The molecule has 0 fully saturated rings. The van der Waals surface area contributed by atoms with E-state index in [1.165, 1.54) is 18.2 Å². The van der Waals surface area contributed by atoms with Crippen LogP contribution in [0.25, 0.3) is 0 Å². The summed E-state index contributed by atoms with van der Waals surface area (Å²) in [7, 11) is 1.56. The fraction of sp³-hybridized carbons (Fsp3) is 0.176. The summed E-state index contributed by atoms with van der Waals surface area (Å²) in [4.78, 5) is 23.6. The van der Waals surface area contributed by atoms with Crippen molar-refractivity contribution in [2.45, 2.75) is 6.54 Å². The Morgan fingerprint density at radius 3 is 2.71 bits per heavy atom. The first-order valence-electron chi connectivity index (χ1n) is 7.05. The van der Waals surface area contributed by atoms with Crippen molar-refractivity contribution in [2.75, 3.05) is 13.7 Å². The van der Waals surface area contributed by atoms with E-state index in [-0.39, 0.29) is 17.9 Å². The molecule has 0 aliphatic rings. The number of hydrogen-bond acceptors (Lipinski definition) is 5. The molecule has 2 N–H and O–H groups in total. The van der Waals surface area contributed by atoms with Crippen LogP contribution in [0.5, 0.6) is 11.5 Å². The molecule has 0 saturated heterocycles. The van der Waals surface area contributed by atoms with E-state index < -0.39 is 18.5 Å². The molecule has 2 aromatic rings. The number of amides is 1. The Hall–Kier alpha value is -2.73. The third-order valence-corrected chi connectivity index (χ3v) is 3.37. The van der Waals surface area contributed by atoms with Crippen LogP contribution in [0.1, 0.15) is 15.9 Å². The SMILES string of the molecule is COc1cccc(CNC(=O)COC(=O)c2ccc(Cl)cc2O)c1. The van der Waals surface area contributed by atoms with Crippen molar-refractivity contribution < 1.29 is 24.2 Å². The van der Waals surface area contributed by atoms with E-state index in [1.54, 1.807) is 19.2 Å². The van der Waals surface area contributed by atoms with Gasteiger partial charge >= 0.3 is 5.97 Å². The van der Waals surface area contributed by atoms with Crippen molar-refractivity contribution in [1.82, 2.24) is 5.32 Å². The molecule has 2 rings (SSSR count). The minimum Gasteiger partial charge on any atom is -0.507 e. The largest absolute Gasteiger partial charge is 0.507 e. The summed E-state index contributed by atoms with van der Waals surface area (Å²) in [6.45, 7) is -0.176. The number of aromatic hydroxyl groups is 1. The highest BCUT2D eigenvalue weighted by molar-refractivity contribution is 6.30. The van der Waals surface area contributed by atoms with E-state index in [2.05, 4.69) is 5.32 Å². The molecule has 24 heavy (non-hydrogen) atoms. The van der Waals surface area contributed by atoms with Crippen LogP contribution in [0.3, 0.4) is 0 Å². The highest BCUT2D eigenvalue weighted by atomic mass is 35.5. The molecule has 0 saturated carbocycles. The Balaban J connectivity index is 1.83. The van der Waals surface area contributed by atoms with Crippen LogP contribution in [0.4, 0.5) is 0 Å². The number of methoxy groups -OCH3 is 1. The molecule has 0 aromatic heterocycles. The minimum absolute atomic E-state index is 0.0556. The predicted molar refractivity (Wildman–Crippen MR) is 88.2 cm³/mol. The Kier molecular flexibility index (Phi) is 6.03. The van der Waals surface area contributed by atoms with E-state index in [0.29, 0.717) is 10.8 Å². The zero-order valence-corrected chi connectivity index (χ0v) is 13.7. The van der Waals surface area contributed by atoms with E-state index >= 15 is 0 Å². The Bertz CT molecular complexity index is 748. The van der Waals surface area contributed by atoms with Crippen molar-refractivity contribution in [3.8, 4) is 11.5 Å². The summed E-state index contributed by atoms with van der Waals surface area (Å²) < 4.78 is 9.96. The number of rotatable bonds is 6. The first kappa shape index (κ1) is 17.6. The van der Waals surface area contributed by atoms with Crippen molar-refractivity contribution in [2.24, 2.45) is 0 Å². The summed E-state index contributed by atoms with van der Waals surface area (Å²) in [5.41, 5.74) is 0.796. The van der Waals surface area contributed by atoms with Crippen molar-refractivity contribution in [1.29, 1.82) is 0 Å². The van der Waals surface area contributed by atoms with Gasteiger partial charge in [-0.3, -0.25) is 4.79 Å². The van der Waals surface area contributed by atoms with Crippen molar-refractivity contribution >= 4 is 23.5 Å². The zero-order chi connectivity index (χ0) is 17.5. The van der Waals surface area contributed by atoms with Gasteiger partial charge in [0.2, 0.25) is 0 Å². The van der Waals surface area contributed by atoms with Crippen LogP contribution in [-0.2, 0) is 16.1 Å². The molecule has 0 aliphatic heterocycles. The maximum Gasteiger partial charge on any atom is 0.342 e. The van der Waals surface area contributed by atoms with Crippen LogP contribution in [-0.4, -0.2) is 30.7 Å². The van der Waals surface area contributed by atoms with Gasteiger partial charge in [0.25, 0.3) is 5.91 Å². The second-order valence-electron chi connectivity index (χ2n) is 4.87.